The maximum absolute atomic E-state index is 12.6. The lowest BCUT2D eigenvalue weighted by molar-refractivity contribution is -0.127. The molecule has 0 N–H and O–H groups in total. The molecular formula is C20H22N4O4S. The number of thioether (sulfide) groups is 1. The Morgan fingerprint density at radius 1 is 1.21 bits per heavy atom. The molecule has 0 fully saturated rings. The van der Waals surface area contributed by atoms with Crippen LogP contribution in [0.25, 0.3) is 11.4 Å². The van der Waals surface area contributed by atoms with Gasteiger partial charge in [-0.25, -0.2) is 0 Å². The van der Waals surface area contributed by atoms with Crippen LogP contribution < -0.4 is 9.47 Å². The van der Waals surface area contributed by atoms with Gasteiger partial charge in [-0.05, 0) is 30.7 Å². The van der Waals surface area contributed by atoms with E-state index in [2.05, 4.69) is 10.2 Å². The number of aryl methyl sites for hydroxylation is 1. The summed E-state index contributed by atoms with van der Waals surface area (Å²) >= 11 is 1.36. The average Bonchev–Trinajstić information content (AvgIpc) is 3.30. The number of ether oxygens (including phenoxy) is 2. The van der Waals surface area contributed by atoms with E-state index in [1.807, 2.05) is 42.8 Å². The molecule has 0 aliphatic carbocycles. The summed E-state index contributed by atoms with van der Waals surface area (Å²) in [6.45, 7) is 3.48. The second-order valence-electron chi connectivity index (χ2n) is 6.77. The molecule has 0 radical (unpaired) electrons. The summed E-state index contributed by atoms with van der Waals surface area (Å²) in [7, 11) is 3.67. The fraction of sp³-hybridized carbons (Fsp3) is 0.350. The molecule has 0 bridgehead atoms. The van der Waals surface area contributed by atoms with Gasteiger partial charge in [-0.3, -0.25) is 4.79 Å². The van der Waals surface area contributed by atoms with Crippen LogP contribution in [0.4, 0.5) is 0 Å². The van der Waals surface area contributed by atoms with Crippen molar-refractivity contribution in [3.63, 3.8) is 0 Å². The van der Waals surface area contributed by atoms with Crippen LogP contribution in [0.2, 0.25) is 0 Å². The number of amides is 1. The number of carbonyl (C=O) groups is 1. The van der Waals surface area contributed by atoms with Crippen molar-refractivity contribution in [1.29, 1.82) is 0 Å². The van der Waals surface area contributed by atoms with Gasteiger partial charge in [0, 0.05) is 20.6 Å². The van der Waals surface area contributed by atoms with E-state index in [1.54, 1.807) is 18.2 Å². The SMILES string of the molecule is Cc1occc1-c1nnc(SCC(=O)N(C)Cc2ccc3c(c2)OCCO3)n1C. The van der Waals surface area contributed by atoms with Crippen molar-refractivity contribution in [3.8, 4) is 22.9 Å². The lowest BCUT2D eigenvalue weighted by Crippen LogP contribution is -2.28. The fourth-order valence-corrected chi connectivity index (χ4v) is 3.93. The summed E-state index contributed by atoms with van der Waals surface area (Å²) in [5, 5.41) is 9.12. The van der Waals surface area contributed by atoms with E-state index in [0.717, 1.165) is 34.2 Å². The number of aromatic nitrogens is 3. The second kappa shape index (κ2) is 8.20. The van der Waals surface area contributed by atoms with Crippen molar-refractivity contribution < 1.29 is 18.7 Å². The average molecular weight is 414 g/mol. The molecule has 3 heterocycles. The smallest absolute Gasteiger partial charge is 0.233 e. The van der Waals surface area contributed by atoms with Crippen molar-refractivity contribution in [1.82, 2.24) is 19.7 Å². The lowest BCUT2D eigenvalue weighted by Gasteiger charge is -2.21. The first-order valence-electron chi connectivity index (χ1n) is 9.22. The predicted molar refractivity (Wildman–Crippen MR) is 108 cm³/mol. The van der Waals surface area contributed by atoms with Gasteiger partial charge in [0.1, 0.15) is 19.0 Å². The summed E-state index contributed by atoms with van der Waals surface area (Å²) in [6, 6.07) is 7.62. The molecule has 0 saturated carbocycles. The van der Waals surface area contributed by atoms with Crippen LogP contribution in [0.5, 0.6) is 11.5 Å². The molecule has 1 aliphatic rings. The van der Waals surface area contributed by atoms with E-state index in [9.17, 15) is 4.79 Å². The van der Waals surface area contributed by atoms with E-state index in [0.29, 0.717) is 24.9 Å². The second-order valence-corrected chi connectivity index (χ2v) is 7.71. The van der Waals surface area contributed by atoms with E-state index in [4.69, 9.17) is 13.9 Å². The van der Waals surface area contributed by atoms with Gasteiger partial charge in [0.25, 0.3) is 0 Å². The lowest BCUT2D eigenvalue weighted by atomic mass is 10.2. The predicted octanol–water partition coefficient (Wildman–Crippen LogP) is 2.91. The summed E-state index contributed by atoms with van der Waals surface area (Å²) in [6.07, 6.45) is 1.63. The molecule has 0 saturated heterocycles. The van der Waals surface area contributed by atoms with Gasteiger partial charge < -0.3 is 23.4 Å². The standard InChI is InChI=1S/C20H22N4O4S/c1-13-15(6-7-26-13)19-21-22-20(24(19)3)29-12-18(25)23(2)11-14-4-5-16-17(10-14)28-9-8-27-16/h4-7,10H,8-9,11-12H2,1-3H3. The highest BCUT2D eigenvalue weighted by molar-refractivity contribution is 7.99. The highest BCUT2D eigenvalue weighted by Crippen LogP contribution is 2.31. The van der Waals surface area contributed by atoms with Crippen LogP contribution in [0, 0.1) is 6.92 Å². The van der Waals surface area contributed by atoms with Gasteiger partial charge in [0.2, 0.25) is 5.91 Å². The van der Waals surface area contributed by atoms with Gasteiger partial charge in [-0.15, -0.1) is 10.2 Å². The number of benzene rings is 1. The third-order valence-corrected chi connectivity index (χ3v) is 5.72. The zero-order valence-corrected chi connectivity index (χ0v) is 17.4. The molecule has 1 amide bonds. The van der Waals surface area contributed by atoms with Gasteiger partial charge in [-0.2, -0.15) is 0 Å². The van der Waals surface area contributed by atoms with Crippen molar-refractivity contribution in [2.45, 2.75) is 18.6 Å². The molecule has 0 unspecified atom stereocenters. The molecule has 1 aliphatic heterocycles. The molecule has 0 atom stereocenters. The number of fused-ring (bicyclic) bond motifs is 1. The minimum absolute atomic E-state index is 0.00827. The van der Waals surface area contributed by atoms with Crippen LogP contribution in [0.1, 0.15) is 11.3 Å². The first-order valence-corrected chi connectivity index (χ1v) is 10.2. The number of carbonyl (C=O) groups excluding carboxylic acids is 1. The number of nitrogens with zero attached hydrogens (tertiary/aromatic N) is 4. The van der Waals surface area contributed by atoms with Gasteiger partial charge >= 0.3 is 0 Å². The minimum atomic E-state index is 0.00827. The van der Waals surface area contributed by atoms with Crippen molar-refractivity contribution >= 4 is 17.7 Å². The molecule has 152 valence electrons. The molecule has 9 heteroatoms. The third-order valence-electron chi connectivity index (χ3n) is 4.71. The molecule has 29 heavy (non-hydrogen) atoms. The number of furan rings is 1. The highest BCUT2D eigenvalue weighted by atomic mass is 32.2. The molecule has 8 nitrogen and oxygen atoms in total. The fourth-order valence-electron chi connectivity index (χ4n) is 3.08. The quantitative estimate of drug-likeness (QED) is 0.574. The highest BCUT2D eigenvalue weighted by Gasteiger charge is 2.18. The molecule has 1 aromatic carbocycles. The Bertz CT molecular complexity index is 1030. The summed E-state index contributed by atoms with van der Waals surface area (Å²) in [4.78, 5) is 14.3. The van der Waals surface area contributed by atoms with E-state index in [1.165, 1.54) is 11.8 Å². The largest absolute Gasteiger partial charge is 0.486 e. The van der Waals surface area contributed by atoms with Crippen LogP contribution in [0.3, 0.4) is 0 Å². The Labute approximate surface area is 172 Å². The Kier molecular flexibility index (Phi) is 5.48. The van der Waals surface area contributed by atoms with Crippen LogP contribution in [-0.4, -0.2) is 51.6 Å². The van der Waals surface area contributed by atoms with Crippen LogP contribution >= 0.6 is 11.8 Å². The first-order chi connectivity index (χ1) is 14.0. The molecule has 0 spiro atoms. The van der Waals surface area contributed by atoms with Crippen molar-refractivity contribution in [2.24, 2.45) is 7.05 Å². The Hall–Kier alpha value is -2.94. The van der Waals surface area contributed by atoms with Gasteiger partial charge in [0.05, 0.1) is 17.6 Å². The number of hydrogen-bond donors (Lipinski definition) is 0. The molecular weight excluding hydrogens is 392 g/mol. The van der Waals surface area contributed by atoms with Crippen molar-refractivity contribution in [2.75, 3.05) is 26.0 Å². The van der Waals surface area contributed by atoms with Crippen LogP contribution in [-0.2, 0) is 18.4 Å². The van der Waals surface area contributed by atoms with E-state index in [-0.39, 0.29) is 11.7 Å². The maximum Gasteiger partial charge on any atom is 0.233 e. The Morgan fingerprint density at radius 3 is 2.76 bits per heavy atom. The number of hydrogen-bond acceptors (Lipinski definition) is 7. The molecule has 3 aromatic rings. The van der Waals surface area contributed by atoms with Crippen LogP contribution in [0.15, 0.2) is 40.1 Å². The Morgan fingerprint density at radius 2 is 2.00 bits per heavy atom. The zero-order chi connectivity index (χ0) is 20.4. The maximum atomic E-state index is 12.6. The topological polar surface area (TPSA) is 82.6 Å². The van der Waals surface area contributed by atoms with Crippen molar-refractivity contribution in [3.05, 3.63) is 41.9 Å². The summed E-state index contributed by atoms with van der Waals surface area (Å²) in [5.41, 5.74) is 1.89. The molecule has 2 aromatic heterocycles. The van der Waals surface area contributed by atoms with E-state index >= 15 is 0 Å². The summed E-state index contributed by atoms with van der Waals surface area (Å²) < 4.78 is 18.4. The first kappa shape index (κ1) is 19.4. The van der Waals surface area contributed by atoms with Gasteiger partial charge in [0.15, 0.2) is 22.5 Å². The zero-order valence-electron chi connectivity index (χ0n) is 16.5. The minimum Gasteiger partial charge on any atom is -0.486 e. The third kappa shape index (κ3) is 4.09. The number of rotatable bonds is 6. The monoisotopic (exact) mass is 414 g/mol. The van der Waals surface area contributed by atoms with E-state index < -0.39 is 0 Å². The summed E-state index contributed by atoms with van der Waals surface area (Å²) in [5.74, 6) is 3.26. The Balaban J connectivity index is 1.36. The van der Waals surface area contributed by atoms with Gasteiger partial charge in [-0.1, -0.05) is 17.8 Å². The normalized spacial score (nSPS) is 12.8. The molecule has 4 rings (SSSR count).